The summed E-state index contributed by atoms with van der Waals surface area (Å²) in [5.74, 6) is -0.895. The maximum Gasteiger partial charge on any atom is 0.306 e. The summed E-state index contributed by atoms with van der Waals surface area (Å²) in [5, 5.41) is 0. The Hall–Kier alpha value is -3.15. The molecule has 0 radical (unpaired) electrons. The van der Waals surface area contributed by atoms with Crippen LogP contribution in [0.4, 0.5) is 0 Å². The molecule has 0 saturated heterocycles. The minimum atomic E-state index is -0.786. The Bertz CT molecular complexity index is 1320. The molecule has 0 aliphatic rings. The summed E-state index contributed by atoms with van der Waals surface area (Å²) in [6, 6.07) is 0. The number of esters is 3. The van der Waals surface area contributed by atoms with Crippen LogP contribution in [0.15, 0.2) is 72.9 Å². The number of rotatable bonds is 55. The molecule has 0 aromatic carbocycles. The van der Waals surface area contributed by atoms with E-state index in [0.29, 0.717) is 19.3 Å². The Morgan fingerprint density at radius 1 is 0.296 bits per heavy atom. The molecule has 6 nitrogen and oxygen atoms in total. The fraction of sp³-hybridized carbons (Fsp3) is 0.769. The largest absolute Gasteiger partial charge is 0.462 e. The molecule has 0 heterocycles. The Morgan fingerprint density at radius 3 is 0.901 bits per heavy atom. The van der Waals surface area contributed by atoms with Crippen LogP contribution in [0, 0.1) is 0 Å². The first-order chi connectivity index (χ1) is 35.0. The van der Waals surface area contributed by atoms with Gasteiger partial charge in [-0.05, 0) is 109 Å². The molecule has 0 aliphatic heterocycles. The van der Waals surface area contributed by atoms with Crippen molar-refractivity contribution >= 4 is 17.9 Å². The van der Waals surface area contributed by atoms with Gasteiger partial charge in [0.15, 0.2) is 6.10 Å². The fourth-order valence-corrected chi connectivity index (χ4v) is 8.60. The lowest BCUT2D eigenvalue weighted by Gasteiger charge is -2.18. The van der Waals surface area contributed by atoms with Crippen LogP contribution in [0.25, 0.3) is 0 Å². The van der Waals surface area contributed by atoms with E-state index in [1.54, 1.807) is 0 Å². The first-order valence-corrected chi connectivity index (χ1v) is 30.4. The van der Waals surface area contributed by atoms with Gasteiger partial charge in [0.05, 0.1) is 0 Å². The summed E-state index contributed by atoms with van der Waals surface area (Å²) in [4.78, 5) is 38.3. The molecular weight excluding hydrogens is 877 g/mol. The second kappa shape index (κ2) is 59.4. The van der Waals surface area contributed by atoms with Gasteiger partial charge in [0.2, 0.25) is 0 Å². The van der Waals surface area contributed by atoms with Crippen molar-refractivity contribution in [3.8, 4) is 0 Å². The lowest BCUT2D eigenvalue weighted by atomic mass is 10.1. The molecule has 0 aliphatic carbocycles. The minimum Gasteiger partial charge on any atom is -0.462 e. The molecular formula is C65H114O6. The molecule has 0 saturated carbocycles. The highest BCUT2D eigenvalue weighted by molar-refractivity contribution is 5.71. The summed E-state index contributed by atoms with van der Waals surface area (Å²) < 4.78 is 16.9. The zero-order chi connectivity index (χ0) is 51.4. The summed E-state index contributed by atoms with van der Waals surface area (Å²) >= 11 is 0. The topological polar surface area (TPSA) is 78.9 Å². The molecule has 71 heavy (non-hydrogen) atoms. The van der Waals surface area contributed by atoms with Gasteiger partial charge in [-0.15, -0.1) is 0 Å². The van der Waals surface area contributed by atoms with Crippen LogP contribution in [-0.2, 0) is 28.6 Å². The van der Waals surface area contributed by atoms with Gasteiger partial charge in [0.1, 0.15) is 13.2 Å². The third-order valence-corrected chi connectivity index (χ3v) is 13.2. The Labute approximate surface area is 440 Å². The molecule has 0 N–H and O–H groups in total. The van der Waals surface area contributed by atoms with E-state index in [-0.39, 0.29) is 31.1 Å². The highest BCUT2D eigenvalue weighted by Crippen LogP contribution is 2.16. The minimum absolute atomic E-state index is 0.0830. The average Bonchev–Trinajstić information content (AvgIpc) is 3.37. The molecule has 0 aromatic heterocycles. The second-order valence-corrected chi connectivity index (χ2v) is 20.2. The summed E-state index contributed by atoms with van der Waals surface area (Å²) in [7, 11) is 0. The van der Waals surface area contributed by atoms with Gasteiger partial charge in [-0.3, -0.25) is 14.4 Å². The molecule has 1 atom stereocenters. The van der Waals surface area contributed by atoms with Gasteiger partial charge in [-0.1, -0.05) is 248 Å². The van der Waals surface area contributed by atoms with E-state index in [1.807, 2.05) is 0 Å². The molecule has 0 bridgehead atoms. The number of ether oxygens (including phenoxy) is 3. The van der Waals surface area contributed by atoms with E-state index in [4.69, 9.17) is 14.2 Å². The van der Waals surface area contributed by atoms with Gasteiger partial charge in [0, 0.05) is 19.3 Å². The van der Waals surface area contributed by atoms with Gasteiger partial charge < -0.3 is 14.2 Å². The van der Waals surface area contributed by atoms with Crippen molar-refractivity contribution in [2.45, 2.75) is 309 Å². The van der Waals surface area contributed by atoms with E-state index in [0.717, 1.165) is 103 Å². The highest BCUT2D eigenvalue weighted by Gasteiger charge is 2.19. The number of allylic oxidation sites excluding steroid dienone is 12. The molecule has 0 rings (SSSR count). The van der Waals surface area contributed by atoms with Crippen LogP contribution in [-0.4, -0.2) is 37.2 Å². The van der Waals surface area contributed by atoms with Crippen LogP contribution in [0.5, 0.6) is 0 Å². The lowest BCUT2D eigenvalue weighted by Crippen LogP contribution is -2.30. The van der Waals surface area contributed by atoms with Crippen molar-refractivity contribution in [2.24, 2.45) is 0 Å². The zero-order valence-corrected chi connectivity index (χ0v) is 47.0. The zero-order valence-electron chi connectivity index (χ0n) is 47.0. The SMILES string of the molecule is CC/C=C/C/C=C/C/C=C/CCCCCCCC(=O)OC[C@H](COC(=O)CCCCCCCCCCC/C=C/C/C=C/CCCCC)OC(=O)CCCCCCCCCCC/C=C/CCCCCCCC. The average molecular weight is 992 g/mol. The number of hydrogen-bond donors (Lipinski definition) is 0. The molecule has 0 aromatic rings. The maximum absolute atomic E-state index is 12.9. The van der Waals surface area contributed by atoms with Gasteiger partial charge in [-0.2, -0.15) is 0 Å². The number of carbonyl (C=O) groups is 3. The van der Waals surface area contributed by atoms with E-state index < -0.39 is 6.10 Å². The third kappa shape index (κ3) is 57.6. The van der Waals surface area contributed by atoms with E-state index >= 15 is 0 Å². The number of hydrogen-bond acceptors (Lipinski definition) is 6. The number of carbonyl (C=O) groups excluding carboxylic acids is 3. The van der Waals surface area contributed by atoms with Crippen molar-refractivity contribution in [1.29, 1.82) is 0 Å². The summed E-state index contributed by atoms with van der Waals surface area (Å²) in [6.07, 6.45) is 76.1. The molecule has 0 spiro atoms. The van der Waals surface area contributed by atoms with Crippen LogP contribution < -0.4 is 0 Å². The predicted molar refractivity (Wildman–Crippen MR) is 307 cm³/mol. The fourth-order valence-electron chi connectivity index (χ4n) is 8.60. The normalized spacial score (nSPS) is 12.5. The summed E-state index contributed by atoms with van der Waals surface area (Å²) in [6.45, 7) is 6.51. The van der Waals surface area contributed by atoms with E-state index in [1.165, 1.54) is 161 Å². The second-order valence-electron chi connectivity index (χ2n) is 20.2. The smallest absolute Gasteiger partial charge is 0.306 e. The van der Waals surface area contributed by atoms with Gasteiger partial charge in [-0.25, -0.2) is 0 Å². The van der Waals surface area contributed by atoms with Crippen molar-refractivity contribution < 1.29 is 28.6 Å². The Balaban J connectivity index is 4.38. The lowest BCUT2D eigenvalue weighted by molar-refractivity contribution is -0.167. The van der Waals surface area contributed by atoms with Crippen molar-refractivity contribution in [3.05, 3.63) is 72.9 Å². The maximum atomic E-state index is 12.9. The molecule has 0 amide bonds. The number of unbranched alkanes of at least 4 members (excludes halogenated alkanes) is 32. The molecule has 410 valence electrons. The predicted octanol–water partition coefficient (Wildman–Crippen LogP) is 20.5. The van der Waals surface area contributed by atoms with Gasteiger partial charge >= 0.3 is 17.9 Å². The highest BCUT2D eigenvalue weighted by atomic mass is 16.6. The third-order valence-electron chi connectivity index (χ3n) is 13.2. The van der Waals surface area contributed by atoms with Crippen LogP contribution in [0.2, 0.25) is 0 Å². The summed E-state index contributed by atoms with van der Waals surface area (Å²) in [5.41, 5.74) is 0. The monoisotopic (exact) mass is 991 g/mol. The first kappa shape index (κ1) is 67.8. The van der Waals surface area contributed by atoms with Crippen molar-refractivity contribution in [2.75, 3.05) is 13.2 Å². The van der Waals surface area contributed by atoms with Gasteiger partial charge in [0.25, 0.3) is 0 Å². The standard InChI is InChI=1S/C65H114O6/c1-4-7-10-13-16-19-22-25-28-30-32-34-37-40-43-46-49-52-55-58-64(67)70-61-62(60-69-63(66)57-54-51-48-45-42-39-36-27-24-21-18-15-12-9-6-3)71-65(68)59-56-53-50-47-44-41-38-35-33-31-29-26-23-20-17-14-11-8-5-2/h9,12,16,18-19,21,25-29,36,62H,4-8,10-11,13-15,17,20,22-24,30-35,37-61H2,1-3H3/b12-9+,19-16+,21-18+,28-25+,29-26+,36-27+/t62-/m1/s1. The van der Waals surface area contributed by atoms with Crippen molar-refractivity contribution in [3.63, 3.8) is 0 Å². The van der Waals surface area contributed by atoms with Crippen LogP contribution in [0.3, 0.4) is 0 Å². The quantitative estimate of drug-likeness (QED) is 0.0261. The molecule has 0 unspecified atom stereocenters. The first-order valence-electron chi connectivity index (χ1n) is 30.4. The van der Waals surface area contributed by atoms with Crippen molar-refractivity contribution in [1.82, 2.24) is 0 Å². The molecule has 0 fully saturated rings. The van der Waals surface area contributed by atoms with Crippen LogP contribution >= 0.6 is 0 Å². The van der Waals surface area contributed by atoms with E-state index in [9.17, 15) is 14.4 Å². The molecule has 6 heteroatoms. The van der Waals surface area contributed by atoms with Crippen LogP contribution in [0.1, 0.15) is 303 Å². The Morgan fingerprint density at radius 2 is 0.549 bits per heavy atom. The Kier molecular flexibility index (Phi) is 56.8. The van der Waals surface area contributed by atoms with E-state index in [2.05, 4.69) is 93.7 Å².